The molecule has 1 saturated heterocycles. The molecule has 16 nitrogen and oxygen atoms in total. The molecule has 5 atom stereocenters. The molecule has 3 N–H and O–H groups in total. The lowest BCUT2D eigenvalue weighted by molar-refractivity contribution is -0.144. The van der Waals surface area contributed by atoms with Gasteiger partial charge < -0.3 is 25.4 Å². The largest absolute Gasteiger partial charge is 0.469 e. The van der Waals surface area contributed by atoms with Gasteiger partial charge in [-0.05, 0) is 68.7 Å². The molecule has 1 fully saturated rings. The van der Waals surface area contributed by atoms with Crippen LogP contribution in [0.4, 0.5) is 0 Å². The summed E-state index contributed by atoms with van der Waals surface area (Å²) in [7, 11) is 1.37. The van der Waals surface area contributed by atoms with Gasteiger partial charge in [0.1, 0.15) is 29.0 Å². The van der Waals surface area contributed by atoms with Crippen molar-refractivity contribution in [3.8, 4) is 26.6 Å². The van der Waals surface area contributed by atoms with Crippen LogP contribution >= 0.6 is 22.7 Å². The number of β-amino-alcohol motifs (C(OH)–C–C–N with tert-alkyl or cyclic N) is 1. The van der Waals surface area contributed by atoms with Gasteiger partial charge in [-0.25, -0.2) is 4.98 Å². The number of aryl methyl sites for hydroxylation is 4. The molecule has 356 valence electrons. The zero-order valence-corrected chi connectivity index (χ0v) is 41.5. The first-order valence-corrected chi connectivity index (χ1v) is 24.5. The quantitative estimate of drug-likeness (QED) is 0.0943. The van der Waals surface area contributed by atoms with Crippen LogP contribution in [0, 0.1) is 33.1 Å². The number of aliphatic hydroxyl groups is 1. The number of thiazole rings is 1. The van der Waals surface area contributed by atoms with Gasteiger partial charge in [-0.2, -0.15) is 5.10 Å². The number of hydrogen-bond acceptors (Lipinski definition) is 13. The Balaban J connectivity index is 0.887. The summed E-state index contributed by atoms with van der Waals surface area (Å²) in [6.07, 6.45) is 3.59. The van der Waals surface area contributed by atoms with Gasteiger partial charge >= 0.3 is 5.97 Å². The van der Waals surface area contributed by atoms with Gasteiger partial charge in [0.15, 0.2) is 5.82 Å². The summed E-state index contributed by atoms with van der Waals surface area (Å²) in [5.74, 6) is -0.135. The molecule has 68 heavy (non-hydrogen) atoms. The maximum absolute atomic E-state index is 14.2. The fourth-order valence-electron chi connectivity index (χ4n) is 8.87. The molecule has 6 aromatic rings. The predicted molar refractivity (Wildman–Crippen MR) is 262 cm³/mol. The molecule has 4 aromatic heterocycles. The van der Waals surface area contributed by atoms with Crippen LogP contribution in [0.5, 0.6) is 0 Å². The number of hydrogen-bond donors (Lipinski definition) is 3. The smallest absolute Gasteiger partial charge is 0.308 e. The molecule has 0 bridgehead atoms. The molecule has 0 aliphatic carbocycles. The van der Waals surface area contributed by atoms with Gasteiger partial charge in [0.25, 0.3) is 0 Å². The Morgan fingerprint density at radius 2 is 1.65 bits per heavy atom. The van der Waals surface area contributed by atoms with Crippen LogP contribution in [-0.2, 0) is 30.5 Å². The van der Waals surface area contributed by atoms with Crippen molar-refractivity contribution in [1.29, 1.82) is 0 Å². The minimum Gasteiger partial charge on any atom is -0.469 e. The number of esters is 1. The number of carbonyl (C=O) groups excluding carboxylic acids is 4. The van der Waals surface area contributed by atoms with Gasteiger partial charge in [0.2, 0.25) is 17.7 Å². The predicted octanol–water partition coefficient (Wildman–Crippen LogP) is 7.15. The average Bonchev–Trinajstić information content (AvgIpc) is 4.15. The second kappa shape index (κ2) is 19.7. The van der Waals surface area contributed by atoms with E-state index in [1.54, 1.807) is 33.6 Å². The summed E-state index contributed by atoms with van der Waals surface area (Å²) < 4.78 is 8.83. The molecular formula is C50H58N10O6S2. The number of thiophene rings is 1. The lowest BCUT2D eigenvalue weighted by Crippen LogP contribution is -2.57. The van der Waals surface area contributed by atoms with E-state index in [-0.39, 0.29) is 49.6 Å². The van der Waals surface area contributed by atoms with Crippen molar-refractivity contribution in [2.75, 3.05) is 13.7 Å². The Morgan fingerprint density at radius 1 is 0.941 bits per heavy atom. The molecule has 2 aliphatic rings. The lowest BCUT2D eigenvalue weighted by atomic mass is 9.85. The summed E-state index contributed by atoms with van der Waals surface area (Å²) in [5.41, 5.74) is 9.65. The van der Waals surface area contributed by atoms with Crippen LogP contribution in [0.1, 0.15) is 110 Å². The van der Waals surface area contributed by atoms with Crippen LogP contribution in [0.25, 0.3) is 26.6 Å². The molecule has 0 spiro atoms. The van der Waals surface area contributed by atoms with Gasteiger partial charge in [-0.1, -0.05) is 69.3 Å². The Kier molecular flexibility index (Phi) is 13.9. The van der Waals surface area contributed by atoms with Gasteiger partial charge in [0.05, 0.1) is 53.7 Å². The summed E-state index contributed by atoms with van der Waals surface area (Å²) in [6, 6.07) is 13.3. The fourth-order valence-corrected chi connectivity index (χ4v) is 10.9. The number of rotatable bonds is 14. The Labute approximate surface area is 403 Å². The molecule has 6 heterocycles. The van der Waals surface area contributed by atoms with Gasteiger partial charge in [0, 0.05) is 53.7 Å². The van der Waals surface area contributed by atoms with Crippen LogP contribution in [0.2, 0.25) is 0 Å². The third kappa shape index (κ3) is 9.94. The molecule has 0 unspecified atom stereocenters. The van der Waals surface area contributed by atoms with Crippen molar-refractivity contribution in [2.45, 2.75) is 118 Å². The van der Waals surface area contributed by atoms with E-state index in [1.165, 1.54) is 12.0 Å². The second-order valence-electron chi connectivity index (χ2n) is 18.7. The highest BCUT2D eigenvalue weighted by atomic mass is 32.1. The molecule has 0 saturated carbocycles. The second-order valence-corrected chi connectivity index (χ2v) is 20.8. The highest BCUT2D eigenvalue weighted by Gasteiger charge is 2.45. The molecule has 3 amide bonds. The molecular weight excluding hydrogens is 901 g/mol. The van der Waals surface area contributed by atoms with Crippen molar-refractivity contribution < 1.29 is 29.0 Å². The molecule has 0 radical (unpaired) electrons. The van der Waals surface area contributed by atoms with Crippen LogP contribution in [0.3, 0.4) is 0 Å². The van der Waals surface area contributed by atoms with Crippen LogP contribution < -0.4 is 10.6 Å². The Hall–Kier alpha value is -6.37. The van der Waals surface area contributed by atoms with E-state index in [4.69, 9.17) is 9.73 Å². The first-order valence-electron chi connectivity index (χ1n) is 22.8. The summed E-state index contributed by atoms with van der Waals surface area (Å²) in [5, 5.41) is 31.1. The number of aliphatic hydroxyl groups excluding tert-OH is 1. The van der Waals surface area contributed by atoms with E-state index in [2.05, 4.69) is 44.8 Å². The van der Waals surface area contributed by atoms with E-state index in [9.17, 15) is 24.3 Å². The van der Waals surface area contributed by atoms with Crippen molar-refractivity contribution in [2.24, 2.45) is 10.4 Å². The van der Waals surface area contributed by atoms with E-state index in [1.807, 2.05) is 106 Å². The van der Waals surface area contributed by atoms with Crippen molar-refractivity contribution >= 4 is 52.1 Å². The van der Waals surface area contributed by atoms with Crippen molar-refractivity contribution in [3.63, 3.8) is 0 Å². The first kappa shape index (κ1) is 48.1. The molecule has 2 aromatic carbocycles. The number of aromatic nitrogens is 6. The number of nitrogens with one attached hydrogen (secondary N) is 2. The number of benzene rings is 2. The highest BCUT2D eigenvalue weighted by molar-refractivity contribution is 7.15. The zero-order chi connectivity index (χ0) is 48.6. The third-order valence-corrected chi connectivity index (χ3v) is 15.0. The standard InChI is InChI=1S/C50H58N10O6S2/c1-27-30(4)68-49-42(27)43(54-38(22-41(63)66-9)46-57-56-31(5)60(46)49)34-16-14-33(15-17-34)36-23-52-58(24-36)20-10-11-40(62)55-45(50(6,7)8)48(65)59-25-37(61)21-39(59)47(64)53-28(2)32-12-18-35(19-13-32)44-29(3)51-26-67-44/h12-19,23-24,26,28,37-39,45,61H,10-11,20-22,25H2,1-9H3,(H,53,64)(H,55,62)/t28-,37+,38-,39-,45+/m0/s1. The van der Waals surface area contributed by atoms with Crippen molar-refractivity contribution in [3.05, 3.63) is 111 Å². The number of nitrogens with zero attached hydrogens (tertiary/aromatic N) is 8. The average molecular weight is 959 g/mol. The monoisotopic (exact) mass is 958 g/mol. The SMILES string of the molecule is COC(=O)C[C@@H]1N=C(c2ccc(-c3cnn(CCCC(=O)N[C@H](C(=O)N4C[C@H](O)C[C@H]4C(=O)N[C@@H](C)c4ccc(-c5scnc5C)cc4)C(C)(C)C)c3)cc2)c2c(sc(C)c2C)-n2c(C)nnc21. The number of amides is 3. The number of methoxy groups -OCH3 is 1. The highest BCUT2D eigenvalue weighted by Crippen LogP contribution is 2.40. The summed E-state index contributed by atoms with van der Waals surface area (Å²) in [4.78, 5) is 67.2. The summed E-state index contributed by atoms with van der Waals surface area (Å²) in [6.45, 7) is 16.0. The van der Waals surface area contributed by atoms with Crippen LogP contribution in [0.15, 0.2) is 71.4 Å². The topological polar surface area (TPSA) is 199 Å². The lowest BCUT2D eigenvalue weighted by Gasteiger charge is -2.35. The fraction of sp³-hybridized carbons (Fsp3) is 0.420. The van der Waals surface area contributed by atoms with E-state index in [0.717, 1.165) is 65.1 Å². The number of ether oxygens (including phenoxy) is 1. The first-order chi connectivity index (χ1) is 32.4. The number of aliphatic imine (C=N–C) groups is 1. The molecule has 8 rings (SSSR count). The molecule has 2 aliphatic heterocycles. The maximum Gasteiger partial charge on any atom is 0.308 e. The zero-order valence-electron chi connectivity index (χ0n) is 39.9. The maximum atomic E-state index is 14.2. The van der Waals surface area contributed by atoms with E-state index in [0.29, 0.717) is 24.6 Å². The van der Waals surface area contributed by atoms with Gasteiger partial charge in [-0.3, -0.25) is 33.4 Å². The van der Waals surface area contributed by atoms with Gasteiger partial charge in [-0.15, -0.1) is 32.9 Å². The summed E-state index contributed by atoms with van der Waals surface area (Å²) >= 11 is 3.23. The van der Waals surface area contributed by atoms with E-state index < -0.39 is 35.6 Å². The normalized spacial score (nSPS) is 17.7. The number of fused-ring (bicyclic) bond motifs is 3. The number of carbonyl (C=O) groups is 4. The van der Waals surface area contributed by atoms with Crippen molar-refractivity contribution in [1.82, 2.24) is 45.1 Å². The third-order valence-electron chi connectivity index (χ3n) is 12.8. The van der Waals surface area contributed by atoms with Crippen LogP contribution in [-0.4, -0.2) is 101 Å². The number of likely N-dealkylation sites (tertiary alicyclic amines) is 1. The minimum atomic E-state index is -0.930. The molecule has 18 heteroatoms. The Morgan fingerprint density at radius 3 is 2.32 bits per heavy atom. The minimum absolute atomic E-state index is 0.00744. The van der Waals surface area contributed by atoms with E-state index >= 15 is 0 Å². The Bertz CT molecular complexity index is 2870.